The van der Waals surface area contributed by atoms with Crippen molar-refractivity contribution >= 4 is 11.6 Å². The minimum Gasteiger partial charge on any atom is -0.337 e. The van der Waals surface area contributed by atoms with Crippen LogP contribution in [0, 0.1) is 0 Å². The Labute approximate surface area is 119 Å². The van der Waals surface area contributed by atoms with E-state index in [2.05, 4.69) is 15.2 Å². The minimum atomic E-state index is -0.0517. The van der Waals surface area contributed by atoms with Gasteiger partial charge in [0.25, 0.3) is 0 Å². The molecule has 0 saturated heterocycles. The van der Waals surface area contributed by atoms with E-state index in [0.717, 1.165) is 30.2 Å². The molecule has 1 heterocycles. The van der Waals surface area contributed by atoms with Gasteiger partial charge in [-0.1, -0.05) is 18.2 Å². The number of carbonyl (C=O) groups excluding carboxylic acids is 1. The Balaban J connectivity index is 2.06. The van der Waals surface area contributed by atoms with Gasteiger partial charge in [-0.15, -0.1) is 0 Å². The van der Waals surface area contributed by atoms with E-state index in [9.17, 15) is 4.79 Å². The molecule has 1 N–H and O–H groups in total. The van der Waals surface area contributed by atoms with Crippen LogP contribution in [0.4, 0.5) is 5.69 Å². The maximum atomic E-state index is 11.2. The standard InChI is InChI=1S/C15H20N4O/c1-12(20)17-14-7-5-4-6-13(14)10-18(2)11-15-16-8-9-19(15)3/h4-9H,10-11H2,1-3H3,(H,17,20). The summed E-state index contributed by atoms with van der Waals surface area (Å²) in [5.74, 6) is 0.966. The van der Waals surface area contributed by atoms with Gasteiger partial charge in [0.2, 0.25) is 5.91 Å². The average molecular weight is 272 g/mol. The third-order valence-electron chi connectivity index (χ3n) is 3.10. The number of carbonyl (C=O) groups is 1. The lowest BCUT2D eigenvalue weighted by Crippen LogP contribution is -2.20. The first kappa shape index (κ1) is 14.3. The molecule has 20 heavy (non-hydrogen) atoms. The Hall–Kier alpha value is -2.14. The maximum absolute atomic E-state index is 11.2. The minimum absolute atomic E-state index is 0.0517. The molecule has 2 aromatic rings. The van der Waals surface area contributed by atoms with Crippen LogP contribution in [0.1, 0.15) is 18.3 Å². The van der Waals surface area contributed by atoms with Crippen LogP contribution < -0.4 is 5.32 Å². The highest BCUT2D eigenvalue weighted by Gasteiger charge is 2.08. The van der Waals surface area contributed by atoms with E-state index in [0.29, 0.717) is 0 Å². The molecule has 0 radical (unpaired) electrons. The topological polar surface area (TPSA) is 50.2 Å². The molecular formula is C15H20N4O. The molecule has 0 atom stereocenters. The second-order valence-electron chi connectivity index (χ2n) is 4.96. The molecule has 5 heteroatoms. The van der Waals surface area contributed by atoms with E-state index in [1.54, 1.807) is 6.20 Å². The number of para-hydroxylation sites is 1. The van der Waals surface area contributed by atoms with Gasteiger partial charge in [-0.25, -0.2) is 4.98 Å². The molecule has 1 amide bonds. The number of hydrogen-bond donors (Lipinski definition) is 1. The summed E-state index contributed by atoms with van der Waals surface area (Å²) < 4.78 is 2.01. The first-order valence-electron chi connectivity index (χ1n) is 6.56. The zero-order valence-electron chi connectivity index (χ0n) is 12.1. The van der Waals surface area contributed by atoms with Gasteiger partial charge < -0.3 is 9.88 Å². The fraction of sp³-hybridized carbons (Fsp3) is 0.333. The number of hydrogen-bond acceptors (Lipinski definition) is 3. The molecule has 1 aromatic carbocycles. The summed E-state index contributed by atoms with van der Waals surface area (Å²) in [7, 11) is 4.03. The van der Waals surface area contributed by atoms with Crippen molar-refractivity contribution in [1.29, 1.82) is 0 Å². The van der Waals surface area contributed by atoms with Gasteiger partial charge in [0.15, 0.2) is 0 Å². The van der Waals surface area contributed by atoms with Gasteiger partial charge in [0.1, 0.15) is 5.82 Å². The van der Waals surface area contributed by atoms with Crippen molar-refractivity contribution in [3.8, 4) is 0 Å². The molecule has 0 aliphatic heterocycles. The van der Waals surface area contributed by atoms with Crippen LogP contribution in [-0.2, 0) is 24.9 Å². The largest absolute Gasteiger partial charge is 0.337 e. The van der Waals surface area contributed by atoms with Crippen molar-refractivity contribution in [2.75, 3.05) is 12.4 Å². The predicted octanol–water partition coefficient (Wildman–Crippen LogP) is 2.01. The van der Waals surface area contributed by atoms with Crippen LogP contribution in [0.25, 0.3) is 0 Å². The molecule has 1 aromatic heterocycles. The van der Waals surface area contributed by atoms with Gasteiger partial charge in [-0.2, -0.15) is 0 Å². The van der Waals surface area contributed by atoms with Crippen molar-refractivity contribution in [1.82, 2.24) is 14.5 Å². The van der Waals surface area contributed by atoms with E-state index >= 15 is 0 Å². The smallest absolute Gasteiger partial charge is 0.221 e. The Bertz CT molecular complexity index is 591. The summed E-state index contributed by atoms with van der Waals surface area (Å²) >= 11 is 0. The van der Waals surface area contributed by atoms with Crippen LogP contribution in [-0.4, -0.2) is 27.4 Å². The number of imidazole rings is 1. The van der Waals surface area contributed by atoms with E-state index in [1.807, 2.05) is 49.1 Å². The molecule has 0 saturated carbocycles. The normalized spacial score (nSPS) is 10.8. The first-order chi connectivity index (χ1) is 9.56. The second kappa shape index (κ2) is 6.34. The van der Waals surface area contributed by atoms with Crippen molar-refractivity contribution in [3.05, 3.63) is 48.0 Å². The van der Waals surface area contributed by atoms with E-state index in [-0.39, 0.29) is 5.91 Å². The summed E-state index contributed by atoms with van der Waals surface area (Å²) in [5, 5.41) is 2.86. The summed E-state index contributed by atoms with van der Waals surface area (Å²) in [6.45, 7) is 3.04. The molecule has 0 aliphatic rings. The summed E-state index contributed by atoms with van der Waals surface area (Å²) in [6, 6.07) is 7.86. The van der Waals surface area contributed by atoms with Gasteiger partial charge >= 0.3 is 0 Å². The van der Waals surface area contributed by atoms with Gasteiger partial charge in [0.05, 0.1) is 6.54 Å². The lowest BCUT2D eigenvalue weighted by molar-refractivity contribution is -0.114. The molecule has 106 valence electrons. The van der Waals surface area contributed by atoms with E-state index in [4.69, 9.17) is 0 Å². The lowest BCUT2D eigenvalue weighted by Gasteiger charge is -2.18. The van der Waals surface area contributed by atoms with Gasteiger partial charge in [0, 0.05) is 38.6 Å². The lowest BCUT2D eigenvalue weighted by atomic mass is 10.1. The molecular weight excluding hydrogens is 252 g/mol. The summed E-state index contributed by atoms with van der Waals surface area (Å²) in [5.41, 5.74) is 1.96. The number of benzene rings is 1. The number of rotatable bonds is 5. The third-order valence-corrected chi connectivity index (χ3v) is 3.10. The average Bonchev–Trinajstić information content (AvgIpc) is 2.77. The SMILES string of the molecule is CC(=O)Nc1ccccc1CN(C)Cc1nccn1C. The molecule has 2 rings (SSSR count). The molecule has 0 spiro atoms. The quantitative estimate of drug-likeness (QED) is 0.906. The molecule has 0 bridgehead atoms. The molecule has 0 fully saturated rings. The summed E-state index contributed by atoms with van der Waals surface area (Å²) in [4.78, 5) is 17.7. The Morgan fingerprint density at radius 2 is 2.10 bits per heavy atom. The molecule has 0 unspecified atom stereocenters. The number of nitrogens with zero attached hydrogens (tertiary/aromatic N) is 3. The number of anilines is 1. The monoisotopic (exact) mass is 272 g/mol. The molecule has 0 aliphatic carbocycles. The van der Waals surface area contributed by atoms with Gasteiger partial charge in [-0.3, -0.25) is 9.69 Å². The Morgan fingerprint density at radius 3 is 2.75 bits per heavy atom. The second-order valence-corrected chi connectivity index (χ2v) is 4.96. The zero-order valence-corrected chi connectivity index (χ0v) is 12.1. The fourth-order valence-corrected chi connectivity index (χ4v) is 2.11. The highest BCUT2D eigenvalue weighted by Crippen LogP contribution is 2.17. The highest BCUT2D eigenvalue weighted by atomic mass is 16.1. The van der Waals surface area contributed by atoms with Gasteiger partial charge in [-0.05, 0) is 18.7 Å². The number of aryl methyl sites for hydroxylation is 1. The van der Waals surface area contributed by atoms with Crippen LogP contribution in [0.2, 0.25) is 0 Å². The number of nitrogens with one attached hydrogen (secondary N) is 1. The Kier molecular flexibility index (Phi) is 4.53. The van der Waals surface area contributed by atoms with Crippen LogP contribution in [0.15, 0.2) is 36.7 Å². The fourth-order valence-electron chi connectivity index (χ4n) is 2.11. The van der Waals surface area contributed by atoms with Crippen LogP contribution in [0.5, 0.6) is 0 Å². The van der Waals surface area contributed by atoms with Crippen molar-refractivity contribution in [2.45, 2.75) is 20.0 Å². The van der Waals surface area contributed by atoms with Crippen LogP contribution >= 0.6 is 0 Å². The maximum Gasteiger partial charge on any atom is 0.221 e. The predicted molar refractivity (Wildman–Crippen MR) is 79.1 cm³/mol. The highest BCUT2D eigenvalue weighted by molar-refractivity contribution is 5.89. The third kappa shape index (κ3) is 3.68. The Morgan fingerprint density at radius 1 is 1.35 bits per heavy atom. The van der Waals surface area contributed by atoms with Crippen molar-refractivity contribution in [2.24, 2.45) is 7.05 Å². The summed E-state index contributed by atoms with van der Waals surface area (Å²) in [6.07, 6.45) is 3.74. The van der Waals surface area contributed by atoms with E-state index < -0.39 is 0 Å². The van der Waals surface area contributed by atoms with E-state index in [1.165, 1.54) is 6.92 Å². The van der Waals surface area contributed by atoms with Crippen molar-refractivity contribution < 1.29 is 4.79 Å². The van der Waals surface area contributed by atoms with Crippen molar-refractivity contribution in [3.63, 3.8) is 0 Å². The van der Waals surface area contributed by atoms with Crippen LogP contribution in [0.3, 0.4) is 0 Å². The zero-order chi connectivity index (χ0) is 14.5. The first-order valence-corrected chi connectivity index (χ1v) is 6.56. The molecule has 5 nitrogen and oxygen atoms in total. The number of aromatic nitrogens is 2. The number of amides is 1.